The molecule has 0 spiro atoms. The Morgan fingerprint density at radius 2 is 2.10 bits per heavy atom. The SMILES string of the molecule is Cc1nc(CCN2CCC(=O)NC(C(C)(C)C)C2=O)no1. The summed E-state index contributed by atoms with van der Waals surface area (Å²) in [5.41, 5.74) is -0.321. The molecule has 1 atom stereocenters. The molecule has 2 heterocycles. The number of nitrogens with one attached hydrogen (secondary N) is 1. The van der Waals surface area contributed by atoms with Crippen LogP contribution in [0.3, 0.4) is 0 Å². The molecule has 0 saturated carbocycles. The molecule has 0 bridgehead atoms. The van der Waals surface area contributed by atoms with Crippen molar-refractivity contribution >= 4 is 11.8 Å². The zero-order valence-corrected chi connectivity index (χ0v) is 13.0. The molecule has 2 amide bonds. The van der Waals surface area contributed by atoms with Crippen molar-refractivity contribution in [2.45, 2.75) is 46.6 Å². The largest absolute Gasteiger partial charge is 0.344 e. The number of hydrogen-bond acceptors (Lipinski definition) is 5. The predicted octanol–water partition coefficient (Wildman–Crippen LogP) is 0.684. The van der Waals surface area contributed by atoms with E-state index in [4.69, 9.17) is 4.52 Å². The Balaban J connectivity index is 2.07. The lowest BCUT2D eigenvalue weighted by atomic mass is 9.86. The molecule has 0 aromatic carbocycles. The average molecular weight is 294 g/mol. The van der Waals surface area contributed by atoms with Gasteiger partial charge in [-0.2, -0.15) is 4.98 Å². The lowest BCUT2D eigenvalue weighted by Crippen LogP contribution is -2.52. The summed E-state index contributed by atoms with van der Waals surface area (Å²) in [6, 6.07) is -0.500. The highest BCUT2D eigenvalue weighted by Gasteiger charge is 2.37. The lowest BCUT2D eigenvalue weighted by Gasteiger charge is -2.32. The molecule has 1 N–H and O–H groups in total. The zero-order valence-electron chi connectivity index (χ0n) is 13.0. The maximum Gasteiger partial charge on any atom is 0.245 e. The fraction of sp³-hybridized carbons (Fsp3) is 0.714. The van der Waals surface area contributed by atoms with E-state index in [2.05, 4.69) is 15.5 Å². The van der Waals surface area contributed by atoms with Gasteiger partial charge in [0.25, 0.3) is 0 Å². The number of nitrogens with zero attached hydrogens (tertiary/aromatic N) is 3. The number of amides is 2. The molecule has 21 heavy (non-hydrogen) atoms. The second kappa shape index (κ2) is 5.83. The first-order valence-electron chi connectivity index (χ1n) is 7.14. The quantitative estimate of drug-likeness (QED) is 0.885. The van der Waals surface area contributed by atoms with Gasteiger partial charge < -0.3 is 14.7 Å². The van der Waals surface area contributed by atoms with Gasteiger partial charge in [0.05, 0.1) is 0 Å². The van der Waals surface area contributed by atoms with Crippen molar-refractivity contribution in [2.75, 3.05) is 13.1 Å². The summed E-state index contributed by atoms with van der Waals surface area (Å²) in [5.74, 6) is 0.961. The molecule has 1 fully saturated rings. The zero-order chi connectivity index (χ0) is 15.6. The third-order valence-electron chi connectivity index (χ3n) is 3.51. The summed E-state index contributed by atoms with van der Waals surface area (Å²) in [6.45, 7) is 8.48. The van der Waals surface area contributed by atoms with Crippen LogP contribution >= 0.6 is 0 Å². The molecule has 7 heteroatoms. The molecule has 1 aromatic heterocycles. The van der Waals surface area contributed by atoms with E-state index in [1.807, 2.05) is 20.8 Å². The van der Waals surface area contributed by atoms with Crippen LogP contribution in [0.2, 0.25) is 0 Å². The van der Waals surface area contributed by atoms with Crippen molar-refractivity contribution < 1.29 is 14.1 Å². The fourth-order valence-electron chi connectivity index (χ4n) is 2.31. The first-order valence-corrected chi connectivity index (χ1v) is 7.14. The van der Waals surface area contributed by atoms with Crippen molar-refractivity contribution in [3.63, 3.8) is 0 Å². The van der Waals surface area contributed by atoms with Gasteiger partial charge in [0.2, 0.25) is 17.7 Å². The number of aryl methyl sites for hydroxylation is 1. The van der Waals surface area contributed by atoms with Crippen LogP contribution in [0, 0.1) is 12.3 Å². The predicted molar refractivity (Wildman–Crippen MR) is 75.3 cm³/mol. The Morgan fingerprint density at radius 1 is 1.38 bits per heavy atom. The Hall–Kier alpha value is -1.92. The number of aromatic nitrogens is 2. The van der Waals surface area contributed by atoms with E-state index in [9.17, 15) is 9.59 Å². The number of rotatable bonds is 3. The third-order valence-corrected chi connectivity index (χ3v) is 3.51. The number of carbonyl (C=O) groups excluding carboxylic acids is 2. The summed E-state index contributed by atoms with van der Waals surface area (Å²) >= 11 is 0. The van der Waals surface area contributed by atoms with Gasteiger partial charge in [-0.05, 0) is 5.41 Å². The second-order valence-electron chi connectivity index (χ2n) is 6.42. The molecule has 7 nitrogen and oxygen atoms in total. The van der Waals surface area contributed by atoms with Crippen LogP contribution in [-0.2, 0) is 16.0 Å². The standard InChI is InChI=1S/C14H22N4O3/c1-9-15-10(17-21-9)5-7-18-8-6-11(19)16-12(13(18)20)14(2,3)4/h12H,5-8H2,1-4H3,(H,16,19). The molecule has 1 saturated heterocycles. The Morgan fingerprint density at radius 3 is 2.67 bits per heavy atom. The third kappa shape index (κ3) is 3.80. The highest BCUT2D eigenvalue weighted by molar-refractivity contribution is 5.90. The molecule has 1 aliphatic heterocycles. The molecular formula is C14H22N4O3. The van der Waals surface area contributed by atoms with Gasteiger partial charge in [0, 0.05) is 32.9 Å². The molecule has 116 valence electrons. The van der Waals surface area contributed by atoms with Gasteiger partial charge >= 0.3 is 0 Å². The van der Waals surface area contributed by atoms with E-state index in [1.54, 1.807) is 11.8 Å². The molecule has 1 aliphatic rings. The minimum atomic E-state index is -0.500. The maximum atomic E-state index is 12.6. The maximum absolute atomic E-state index is 12.6. The van der Waals surface area contributed by atoms with E-state index >= 15 is 0 Å². The van der Waals surface area contributed by atoms with Crippen molar-refractivity contribution in [1.82, 2.24) is 20.4 Å². The molecule has 1 aromatic rings. The summed E-state index contributed by atoms with van der Waals surface area (Å²) in [6.07, 6.45) is 0.845. The Kier molecular flexibility index (Phi) is 4.29. The topological polar surface area (TPSA) is 88.3 Å². The first kappa shape index (κ1) is 15.5. The molecule has 0 aliphatic carbocycles. The molecular weight excluding hydrogens is 272 g/mol. The van der Waals surface area contributed by atoms with Gasteiger partial charge in [0.15, 0.2) is 5.82 Å². The second-order valence-corrected chi connectivity index (χ2v) is 6.42. The van der Waals surface area contributed by atoms with Gasteiger partial charge in [0.1, 0.15) is 6.04 Å². The summed E-state index contributed by atoms with van der Waals surface area (Å²) in [5, 5.41) is 6.65. The van der Waals surface area contributed by atoms with E-state index in [0.717, 1.165) is 0 Å². The normalized spacial score (nSPS) is 20.4. The van der Waals surface area contributed by atoms with E-state index in [1.165, 1.54) is 0 Å². The number of carbonyl (C=O) groups is 2. The fourth-order valence-corrected chi connectivity index (χ4v) is 2.31. The van der Waals surface area contributed by atoms with Crippen LogP contribution < -0.4 is 5.32 Å². The van der Waals surface area contributed by atoms with Crippen molar-refractivity contribution in [1.29, 1.82) is 0 Å². The monoisotopic (exact) mass is 294 g/mol. The van der Waals surface area contributed by atoms with E-state index in [-0.39, 0.29) is 17.2 Å². The molecule has 1 unspecified atom stereocenters. The van der Waals surface area contributed by atoms with Crippen LogP contribution in [0.4, 0.5) is 0 Å². The average Bonchev–Trinajstić information content (AvgIpc) is 2.73. The van der Waals surface area contributed by atoms with Gasteiger partial charge in [-0.25, -0.2) is 0 Å². The first-order chi connectivity index (χ1) is 9.77. The van der Waals surface area contributed by atoms with Crippen molar-refractivity contribution in [3.8, 4) is 0 Å². The van der Waals surface area contributed by atoms with E-state index < -0.39 is 6.04 Å². The summed E-state index contributed by atoms with van der Waals surface area (Å²) in [7, 11) is 0. The van der Waals surface area contributed by atoms with Gasteiger partial charge in [-0.15, -0.1) is 0 Å². The van der Waals surface area contributed by atoms with Crippen LogP contribution in [0.25, 0.3) is 0 Å². The highest BCUT2D eigenvalue weighted by Crippen LogP contribution is 2.23. The Labute approximate surface area is 124 Å². The van der Waals surface area contributed by atoms with Gasteiger partial charge in [-0.3, -0.25) is 9.59 Å². The Bertz CT molecular complexity index is 533. The number of hydrogen-bond donors (Lipinski definition) is 1. The molecule has 0 radical (unpaired) electrons. The van der Waals surface area contributed by atoms with E-state index in [0.29, 0.717) is 37.6 Å². The lowest BCUT2D eigenvalue weighted by molar-refractivity contribution is -0.136. The summed E-state index contributed by atoms with van der Waals surface area (Å²) in [4.78, 5) is 30.2. The summed E-state index contributed by atoms with van der Waals surface area (Å²) < 4.78 is 4.92. The van der Waals surface area contributed by atoms with Crippen LogP contribution in [0.15, 0.2) is 4.52 Å². The smallest absolute Gasteiger partial charge is 0.245 e. The van der Waals surface area contributed by atoms with Crippen molar-refractivity contribution in [2.24, 2.45) is 5.41 Å². The minimum Gasteiger partial charge on any atom is -0.344 e. The van der Waals surface area contributed by atoms with Crippen LogP contribution in [0.5, 0.6) is 0 Å². The minimum absolute atomic E-state index is 0.0476. The molecule has 2 rings (SSSR count). The van der Waals surface area contributed by atoms with Crippen LogP contribution in [0.1, 0.15) is 38.9 Å². The van der Waals surface area contributed by atoms with Crippen molar-refractivity contribution in [3.05, 3.63) is 11.7 Å². The van der Waals surface area contributed by atoms with Gasteiger partial charge in [-0.1, -0.05) is 25.9 Å². The highest BCUT2D eigenvalue weighted by atomic mass is 16.5. The van der Waals surface area contributed by atoms with Crippen LogP contribution in [-0.4, -0.2) is 46.0 Å².